The van der Waals surface area contributed by atoms with Gasteiger partial charge in [-0.3, -0.25) is 0 Å². The number of amides is 2. The number of carboxylic acid groups (broad SMARTS) is 1. The Kier molecular flexibility index (Phi) is 4.22. The van der Waals surface area contributed by atoms with Crippen molar-refractivity contribution in [3.05, 3.63) is 29.6 Å². The molecule has 1 aromatic rings. The summed E-state index contributed by atoms with van der Waals surface area (Å²) in [6.45, 7) is 2.58. The van der Waals surface area contributed by atoms with E-state index < -0.39 is 17.3 Å². The van der Waals surface area contributed by atoms with Crippen LogP contribution in [-0.4, -0.2) is 34.6 Å². The van der Waals surface area contributed by atoms with E-state index in [0.29, 0.717) is 6.54 Å². The topological polar surface area (TPSA) is 69.6 Å². The van der Waals surface area contributed by atoms with Gasteiger partial charge in [0.15, 0.2) is 0 Å². The fourth-order valence-electron chi connectivity index (χ4n) is 2.43. The lowest BCUT2D eigenvalue weighted by atomic mass is 10.0. The highest BCUT2D eigenvalue weighted by atomic mass is 19.1. The number of nitrogens with zero attached hydrogens (tertiary/aromatic N) is 1. The molecule has 1 atom stereocenters. The van der Waals surface area contributed by atoms with Crippen LogP contribution in [0.3, 0.4) is 0 Å². The van der Waals surface area contributed by atoms with Gasteiger partial charge in [0.25, 0.3) is 0 Å². The lowest BCUT2D eigenvalue weighted by Crippen LogP contribution is -2.44. The molecular weight excluding hydrogens is 263 g/mol. The van der Waals surface area contributed by atoms with Crippen molar-refractivity contribution in [1.29, 1.82) is 0 Å². The summed E-state index contributed by atoms with van der Waals surface area (Å²) in [6, 6.07) is 3.54. The van der Waals surface area contributed by atoms with E-state index in [2.05, 4.69) is 5.32 Å². The predicted octanol–water partition coefficient (Wildman–Crippen LogP) is 2.93. The number of piperidine rings is 1. The third-order valence-electron chi connectivity index (χ3n) is 3.53. The minimum Gasteiger partial charge on any atom is -0.478 e. The van der Waals surface area contributed by atoms with E-state index in [1.807, 2.05) is 6.92 Å². The monoisotopic (exact) mass is 280 g/mol. The Morgan fingerprint density at radius 1 is 1.40 bits per heavy atom. The first kappa shape index (κ1) is 14.3. The van der Waals surface area contributed by atoms with Gasteiger partial charge in [0.05, 0.1) is 5.69 Å². The van der Waals surface area contributed by atoms with Gasteiger partial charge in [0.1, 0.15) is 11.4 Å². The Morgan fingerprint density at radius 2 is 2.15 bits per heavy atom. The molecule has 2 N–H and O–H groups in total. The molecule has 0 aliphatic carbocycles. The van der Waals surface area contributed by atoms with Gasteiger partial charge in [0, 0.05) is 12.6 Å². The zero-order chi connectivity index (χ0) is 14.7. The lowest BCUT2D eigenvalue weighted by molar-refractivity contribution is 0.0693. The minimum absolute atomic E-state index is 0.0136. The van der Waals surface area contributed by atoms with Gasteiger partial charge in [0.2, 0.25) is 0 Å². The van der Waals surface area contributed by atoms with Crippen molar-refractivity contribution in [2.24, 2.45) is 0 Å². The summed E-state index contributed by atoms with van der Waals surface area (Å²) in [6.07, 6.45) is 2.92. The molecule has 6 heteroatoms. The van der Waals surface area contributed by atoms with Gasteiger partial charge >= 0.3 is 12.0 Å². The number of benzene rings is 1. The number of carboxylic acids is 1. The van der Waals surface area contributed by atoms with Crippen LogP contribution in [0.15, 0.2) is 18.2 Å². The molecule has 2 rings (SSSR count). The van der Waals surface area contributed by atoms with Crippen molar-refractivity contribution in [1.82, 2.24) is 4.90 Å². The molecule has 0 saturated carbocycles. The highest BCUT2D eigenvalue weighted by Gasteiger charge is 2.25. The summed E-state index contributed by atoms with van der Waals surface area (Å²) in [5.74, 6) is -2.26. The SMILES string of the molecule is CC1CCCCN1C(=O)Nc1cccc(F)c1C(=O)O. The number of aromatic carboxylic acids is 1. The van der Waals surface area contributed by atoms with Gasteiger partial charge in [-0.2, -0.15) is 0 Å². The van der Waals surface area contributed by atoms with Crippen LogP contribution in [0.4, 0.5) is 14.9 Å². The van der Waals surface area contributed by atoms with E-state index in [4.69, 9.17) is 5.11 Å². The zero-order valence-corrected chi connectivity index (χ0v) is 11.2. The van der Waals surface area contributed by atoms with Crippen LogP contribution in [0.25, 0.3) is 0 Å². The van der Waals surface area contributed by atoms with Crippen LogP contribution >= 0.6 is 0 Å². The summed E-state index contributed by atoms with van der Waals surface area (Å²) in [7, 11) is 0. The molecule has 1 heterocycles. The van der Waals surface area contributed by atoms with Gasteiger partial charge in [-0.1, -0.05) is 6.07 Å². The second-order valence-corrected chi connectivity index (χ2v) is 4.94. The highest BCUT2D eigenvalue weighted by molar-refractivity contribution is 6.00. The van der Waals surface area contributed by atoms with Crippen molar-refractivity contribution < 1.29 is 19.1 Å². The number of hydrogen-bond acceptors (Lipinski definition) is 2. The Balaban J connectivity index is 2.19. The third-order valence-corrected chi connectivity index (χ3v) is 3.53. The Bertz CT molecular complexity index is 533. The first-order valence-electron chi connectivity index (χ1n) is 6.60. The standard InChI is InChI=1S/C14H17FN2O3/c1-9-5-2-3-8-17(9)14(20)16-11-7-4-6-10(15)12(11)13(18)19/h4,6-7,9H,2-3,5,8H2,1H3,(H,16,20)(H,18,19). The first-order valence-corrected chi connectivity index (χ1v) is 6.60. The van der Waals surface area contributed by atoms with Crippen molar-refractivity contribution in [2.75, 3.05) is 11.9 Å². The average molecular weight is 280 g/mol. The summed E-state index contributed by atoms with van der Waals surface area (Å²) < 4.78 is 13.5. The van der Waals surface area contributed by atoms with Crippen LogP contribution in [0, 0.1) is 5.82 Å². The van der Waals surface area contributed by atoms with Gasteiger partial charge in [-0.05, 0) is 38.3 Å². The van der Waals surface area contributed by atoms with Crippen LogP contribution in [0.2, 0.25) is 0 Å². The Morgan fingerprint density at radius 3 is 2.80 bits per heavy atom. The van der Waals surface area contributed by atoms with E-state index in [1.54, 1.807) is 4.90 Å². The number of hydrogen-bond donors (Lipinski definition) is 2. The molecule has 1 aromatic carbocycles. The van der Waals surface area contributed by atoms with E-state index in [9.17, 15) is 14.0 Å². The summed E-state index contributed by atoms with van der Waals surface area (Å²) in [5.41, 5.74) is -0.522. The molecule has 1 aliphatic rings. The second-order valence-electron chi connectivity index (χ2n) is 4.94. The number of urea groups is 1. The highest BCUT2D eigenvalue weighted by Crippen LogP contribution is 2.22. The molecule has 0 aromatic heterocycles. The molecule has 1 unspecified atom stereocenters. The number of carbonyl (C=O) groups excluding carboxylic acids is 1. The van der Waals surface area contributed by atoms with Crippen molar-refractivity contribution in [3.63, 3.8) is 0 Å². The van der Waals surface area contributed by atoms with Gasteiger partial charge in [-0.15, -0.1) is 0 Å². The number of carbonyl (C=O) groups is 2. The van der Waals surface area contributed by atoms with Crippen molar-refractivity contribution >= 4 is 17.7 Å². The van der Waals surface area contributed by atoms with Gasteiger partial charge in [-0.25, -0.2) is 14.0 Å². The molecule has 0 bridgehead atoms. The first-order chi connectivity index (χ1) is 9.50. The number of rotatable bonds is 2. The average Bonchev–Trinajstić information content (AvgIpc) is 2.38. The molecular formula is C14H17FN2O3. The molecule has 1 fully saturated rings. The van der Waals surface area contributed by atoms with E-state index in [0.717, 1.165) is 25.3 Å². The normalized spacial score (nSPS) is 18.7. The molecule has 5 nitrogen and oxygen atoms in total. The molecule has 108 valence electrons. The smallest absolute Gasteiger partial charge is 0.340 e. The lowest BCUT2D eigenvalue weighted by Gasteiger charge is -2.33. The summed E-state index contributed by atoms with van der Waals surface area (Å²) in [4.78, 5) is 24.9. The van der Waals surface area contributed by atoms with E-state index in [1.165, 1.54) is 12.1 Å². The van der Waals surface area contributed by atoms with Crippen molar-refractivity contribution in [2.45, 2.75) is 32.2 Å². The van der Waals surface area contributed by atoms with Crippen LogP contribution in [0.1, 0.15) is 36.5 Å². The number of halogens is 1. The predicted molar refractivity (Wildman–Crippen MR) is 72.4 cm³/mol. The summed E-state index contributed by atoms with van der Waals surface area (Å²) >= 11 is 0. The molecule has 0 radical (unpaired) electrons. The maximum absolute atomic E-state index is 13.5. The Hall–Kier alpha value is -2.11. The van der Waals surface area contributed by atoms with E-state index >= 15 is 0 Å². The van der Waals surface area contributed by atoms with Gasteiger partial charge < -0.3 is 15.3 Å². The molecule has 1 saturated heterocycles. The summed E-state index contributed by atoms with van der Waals surface area (Å²) in [5, 5.41) is 11.5. The molecule has 0 spiro atoms. The number of likely N-dealkylation sites (tertiary alicyclic amines) is 1. The van der Waals surface area contributed by atoms with Crippen molar-refractivity contribution in [3.8, 4) is 0 Å². The largest absolute Gasteiger partial charge is 0.478 e. The number of anilines is 1. The number of nitrogens with one attached hydrogen (secondary N) is 1. The second kappa shape index (κ2) is 5.90. The molecule has 2 amide bonds. The fraction of sp³-hybridized carbons (Fsp3) is 0.429. The molecule has 20 heavy (non-hydrogen) atoms. The van der Waals surface area contributed by atoms with Crippen LogP contribution in [0.5, 0.6) is 0 Å². The van der Waals surface area contributed by atoms with E-state index in [-0.39, 0.29) is 17.8 Å². The quantitative estimate of drug-likeness (QED) is 0.875. The maximum atomic E-state index is 13.5. The van der Waals surface area contributed by atoms with Crippen LogP contribution in [-0.2, 0) is 0 Å². The third kappa shape index (κ3) is 2.89. The minimum atomic E-state index is -1.40. The maximum Gasteiger partial charge on any atom is 0.340 e. The Labute approximate surface area is 116 Å². The van der Waals surface area contributed by atoms with Crippen LogP contribution < -0.4 is 5.32 Å². The fourth-order valence-corrected chi connectivity index (χ4v) is 2.43. The zero-order valence-electron chi connectivity index (χ0n) is 11.2. The molecule has 1 aliphatic heterocycles.